The summed E-state index contributed by atoms with van der Waals surface area (Å²) in [6.45, 7) is 1.78. The van der Waals surface area contributed by atoms with Crippen LogP contribution in [-0.2, 0) is 0 Å². The summed E-state index contributed by atoms with van der Waals surface area (Å²) in [6, 6.07) is 0. The number of aryl methyl sites for hydroxylation is 1. The summed E-state index contributed by atoms with van der Waals surface area (Å²) in [5.74, 6) is 1.39. The fourth-order valence-corrected chi connectivity index (χ4v) is 1.11. The Balaban J connectivity index is 2.36. The normalized spacial score (nSPS) is 16.1. The second kappa shape index (κ2) is 2.62. The topological polar surface area (TPSA) is 55.2 Å². The fourth-order valence-electron chi connectivity index (χ4n) is 1.11. The molecule has 0 unspecified atom stereocenters. The summed E-state index contributed by atoms with van der Waals surface area (Å²) in [6.07, 6.45) is 3.85. The Morgan fingerprint density at radius 1 is 1.58 bits per heavy atom. The van der Waals surface area contributed by atoms with Crippen molar-refractivity contribution in [1.82, 2.24) is 9.97 Å². The van der Waals surface area contributed by atoms with Gasteiger partial charge < -0.3 is 0 Å². The Hall–Kier alpha value is -1.32. The maximum Gasteiger partial charge on any atom is 0.147 e. The molecule has 1 aliphatic rings. The lowest BCUT2D eigenvalue weighted by Gasteiger charge is -1.98. The first kappa shape index (κ1) is 7.34. The van der Waals surface area contributed by atoms with E-state index in [2.05, 4.69) is 15.1 Å². The van der Waals surface area contributed by atoms with Gasteiger partial charge in [0.25, 0.3) is 0 Å². The molecule has 0 radical (unpaired) electrons. The molecule has 0 N–H and O–H groups in total. The van der Waals surface area contributed by atoms with Gasteiger partial charge in [-0.15, -0.1) is 4.91 Å². The van der Waals surface area contributed by atoms with Gasteiger partial charge in [0.05, 0.1) is 11.9 Å². The number of hydrogen-bond donors (Lipinski definition) is 0. The first-order valence-corrected chi connectivity index (χ1v) is 3.98. The molecule has 12 heavy (non-hydrogen) atoms. The van der Waals surface area contributed by atoms with Gasteiger partial charge in [-0.25, -0.2) is 9.97 Å². The molecule has 1 aliphatic carbocycles. The zero-order chi connectivity index (χ0) is 8.55. The van der Waals surface area contributed by atoms with Crippen molar-refractivity contribution in [2.24, 2.45) is 5.18 Å². The molecular formula is C8H9N3O. The fraction of sp³-hybridized carbons (Fsp3) is 0.500. The van der Waals surface area contributed by atoms with Crippen molar-refractivity contribution < 1.29 is 0 Å². The van der Waals surface area contributed by atoms with E-state index >= 15 is 0 Å². The molecule has 0 saturated heterocycles. The van der Waals surface area contributed by atoms with Crippen LogP contribution in [0.1, 0.15) is 30.3 Å². The lowest BCUT2D eigenvalue weighted by molar-refractivity contribution is 0.905. The van der Waals surface area contributed by atoms with Crippen molar-refractivity contribution in [2.75, 3.05) is 0 Å². The van der Waals surface area contributed by atoms with E-state index in [0.29, 0.717) is 17.3 Å². The van der Waals surface area contributed by atoms with Gasteiger partial charge in [0.2, 0.25) is 0 Å². The molecular weight excluding hydrogens is 154 g/mol. The highest BCUT2D eigenvalue weighted by molar-refractivity contribution is 5.38. The Kier molecular flexibility index (Phi) is 1.60. The highest BCUT2D eigenvalue weighted by atomic mass is 16.3. The van der Waals surface area contributed by atoms with Gasteiger partial charge in [-0.3, -0.25) is 0 Å². The Morgan fingerprint density at radius 3 is 2.83 bits per heavy atom. The number of rotatable bonds is 2. The van der Waals surface area contributed by atoms with Crippen molar-refractivity contribution in [3.05, 3.63) is 22.6 Å². The highest BCUT2D eigenvalue weighted by Gasteiger charge is 2.26. The largest absolute Gasteiger partial charge is 0.239 e. The van der Waals surface area contributed by atoms with Crippen molar-refractivity contribution in [1.29, 1.82) is 0 Å². The molecule has 1 aromatic heterocycles. The first-order valence-electron chi connectivity index (χ1n) is 3.98. The average molecular weight is 163 g/mol. The molecule has 0 amide bonds. The molecule has 2 rings (SSSR count). The Morgan fingerprint density at radius 2 is 2.33 bits per heavy atom. The zero-order valence-corrected chi connectivity index (χ0v) is 6.82. The molecule has 1 heterocycles. The van der Waals surface area contributed by atoms with E-state index in [9.17, 15) is 4.91 Å². The minimum absolute atomic E-state index is 0.347. The van der Waals surface area contributed by atoms with Gasteiger partial charge in [-0.2, -0.15) is 0 Å². The lowest BCUT2D eigenvalue weighted by atomic mass is 10.3. The van der Waals surface area contributed by atoms with E-state index in [0.717, 1.165) is 5.82 Å². The van der Waals surface area contributed by atoms with E-state index in [1.807, 2.05) is 0 Å². The van der Waals surface area contributed by atoms with Gasteiger partial charge in [0.15, 0.2) is 0 Å². The van der Waals surface area contributed by atoms with E-state index in [4.69, 9.17) is 0 Å². The number of nitroso groups, excluding NO2 is 1. The third-order valence-corrected chi connectivity index (χ3v) is 2.01. The average Bonchev–Trinajstić information content (AvgIpc) is 2.86. The van der Waals surface area contributed by atoms with Crippen LogP contribution in [0, 0.1) is 11.8 Å². The number of hydrogen-bond acceptors (Lipinski definition) is 4. The van der Waals surface area contributed by atoms with E-state index in [1.54, 1.807) is 6.92 Å². The molecule has 62 valence electrons. The standard InChI is InChI=1S/C8H9N3O/c1-5-7(11-12)4-9-8(10-5)6-2-3-6/h4,6H,2-3H2,1H3. The Labute approximate surface area is 70.0 Å². The second-order valence-electron chi connectivity index (χ2n) is 3.06. The Bertz CT molecular complexity index is 320. The molecule has 0 bridgehead atoms. The minimum Gasteiger partial charge on any atom is -0.239 e. The molecule has 4 heteroatoms. The zero-order valence-electron chi connectivity index (χ0n) is 6.82. The molecule has 1 fully saturated rings. The van der Waals surface area contributed by atoms with Crippen LogP contribution in [-0.4, -0.2) is 9.97 Å². The number of nitrogens with zero attached hydrogens (tertiary/aromatic N) is 3. The SMILES string of the molecule is Cc1nc(C2CC2)ncc1N=O. The summed E-state index contributed by atoms with van der Waals surface area (Å²) in [4.78, 5) is 18.5. The van der Waals surface area contributed by atoms with Crippen LogP contribution in [0.5, 0.6) is 0 Å². The van der Waals surface area contributed by atoms with E-state index in [-0.39, 0.29) is 0 Å². The first-order chi connectivity index (χ1) is 5.81. The molecule has 0 spiro atoms. The van der Waals surface area contributed by atoms with E-state index < -0.39 is 0 Å². The van der Waals surface area contributed by atoms with Gasteiger partial charge in [0.1, 0.15) is 11.5 Å². The van der Waals surface area contributed by atoms with Gasteiger partial charge in [-0.05, 0) is 24.9 Å². The lowest BCUT2D eigenvalue weighted by Crippen LogP contribution is -1.93. The minimum atomic E-state index is 0.347. The molecule has 0 aliphatic heterocycles. The monoisotopic (exact) mass is 163 g/mol. The number of aromatic nitrogens is 2. The molecule has 4 nitrogen and oxygen atoms in total. The predicted octanol–water partition coefficient (Wildman–Crippen LogP) is 2.06. The quantitative estimate of drug-likeness (QED) is 0.627. The van der Waals surface area contributed by atoms with Crippen LogP contribution in [0.3, 0.4) is 0 Å². The molecule has 0 atom stereocenters. The molecule has 0 aromatic carbocycles. The maximum atomic E-state index is 10.2. The maximum absolute atomic E-state index is 10.2. The highest BCUT2D eigenvalue weighted by Crippen LogP contribution is 2.38. The van der Waals surface area contributed by atoms with Crippen LogP contribution in [0.2, 0.25) is 0 Å². The van der Waals surface area contributed by atoms with Crippen molar-refractivity contribution in [2.45, 2.75) is 25.7 Å². The summed E-state index contributed by atoms with van der Waals surface area (Å²) in [5, 5.41) is 2.82. The van der Waals surface area contributed by atoms with Crippen molar-refractivity contribution >= 4 is 5.69 Å². The van der Waals surface area contributed by atoms with E-state index in [1.165, 1.54) is 19.0 Å². The van der Waals surface area contributed by atoms with Gasteiger partial charge >= 0.3 is 0 Å². The summed E-state index contributed by atoms with van der Waals surface area (Å²) < 4.78 is 0. The van der Waals surface area contributed by atoms with Gasteiger partial charge in [0, 0.05) is 5.92 Å². The predicted molar refractivity (Wildman–Crippen MR) is 44.2 cm³/mol. The molecule has 1 aromatic rings. The van der Waals surface area contributed by atoms with Crippen LogP contribution in [0.15, 0.2) is 11.4 Å². The second-order valence-corrected chi connectivity index (χ2v) is 3.06. The molecule has 1 saturated carbocycles. The van der Waals surface area contributed by atoms with Crippen LogP contribution < -0.4 is 0 Å². The van der Waals surface area contributed by atoms with Gasteiger partial charge in [-0.1, -0.05) is 0 Å². The van der Waals surface area contributed by atoms with Crippen LogP contribution in [0.4, 0.5) is 5.69 Å². The summed E-state index contributed by atoms with van der Waals surface area (Å²) >= 11 is 0. The third kappa shape index (κ3) is 1.20. The summed E-state index contributed by atoms with van der Waals surface area (Å²) in [5.41, 5.74) is 1.03. The smallest absolute Gasteiger partial charge is 0.147 e. The third-order valence-electron chi connectivity index (χ3n) is 2.01. The van der Waals surface area contributed by atoms with Crippen molar-refractivity contribution in [3.63, 3.8) is 0 Å². The van der Waals surface area contributed by atoms with Crippen LogP contribution in [0.25, 0.3) is 0 Å². The summed E-state index contributed by atoms with van der Waals surface area (Å²) in [7, 11) is 0. The van der Waals surface area contributed by atoms with Crippen molar-refractivity contribution in [3.8, 4) is 0 Å². The van der Waals surface area contributed by atoms with Crippen LogP contribution >= 0.6 is 0 Å².